The van der Waals surface area contributed by atoms with Gasteiger partial charge in [-0.25, -0.2) is 5.43 Å². The zero-order chi connectivity index (χ0) is 44.2. The fourth-order valence-corrected chi connectivity index (χ4v) is 8.28. The van der Waals surface area contributed by atoms with E-state index in [1.807, 2.05) is 20.0 Å². The maximum absolute atomic E-state index is 11.4. The van der Waals surface area contributed by atoms with Crippen LogP contribution in [0.4, 0.5) is 5.69 Å². The summed E-state index contributed by atoms with van der Waals surface area (Å²) in [7, 11) is 1.65. The summed E-state index contributed by atoms with van der Waals surface area (Å²) in [5.74, 6) is 0.512. The number of likely N-dealkylation sites (N-methyl/N-ethyl adjacent to an activating group) is 1. The number of unbranched alkanes of at least 4 members (excludes halogenated alkanes) is 1. The highest BCUT2D eigenvalue weighted by Gasteiger charge is 2.30. The summed E-state index contributed by atoms with van der Waals surface area (Å²) in [5, 5.41) is 1.15. The van der Waals surface area contributed by atoms with E-state index in [9.17, 15) is 9.59 Å². The minimum Gasteiger partial charge on any atom is -0.495 e. The van der Waals surface area contributed by atoms with Gasteiger partial charge in [0.25, 0.3) is 6.47 Å². The largest absolute Gasteiger partial charge is 0.495 e. The molecule has 3 heterocycles. The van der Waals surface area contributed by atoms with Gasteiger partial charge in [0, 0.05) is 66.7 Å². The van der Waals surface area contributed by atoms with Crippen molar-refractivity contribution < 1.29 is 19.1 Å². The van der Waals surface area contributed by atoms with Gasteiger partial charge in [-0.3, -0.25) is 24.9 Å². The lowest BCUT2D eigenvalue weighted by molar-refractivity contribution is -0.131. The second-order valence-corrected chi connectivity index (χ2v) is 15.8. The minimum absolute atomic E-state index is 0.0409. The van der Waals surface area contributed by atoms with Gasteiger partial charge in [-0.05, 0) is 86.0 Å². The summed E-state index contributed by atoms with van der Waals surface area (Å²) in [6.07, 6.45) is 7.97. The molecule has 11 nitrogen and oxygen atoms in total. The molecule has 0 bridgehead atoms. The summed E-state index contributed by atoms with van der Waals surface area (Å²) < 4.78 is 13.6. The number of fused-ring (bicyclic) bond motifs is 1. The van der Waals surface area contributed by atoms with E-state index in [0.29, 0.717) is 49.9 Å². The molecule has 1 fully saturated rings. The molecule has 2 aromatic heterocycles. The Kier molecular flexibility index (Phi) is 20.5. The number of amides is 1. The average molecular weight is 824 g/mol. The zero-order valence-electron chi connectivity index (χ0n) is 37.8. The number of nitrogens with two attached hydrogens (primary N) is 1. The standard InChI is InChI=1S/C45H63N7O4.C2H6.C2H4/c1-8-37-28-51(21-20-50(37)9-2)38-25-40(43(47-27-38)32(4)55-7)44-41(26-45(5,6)29-56-31-54)39-24-35(17-18-42(39)52(44)10-3)34-15-13-14-33(22-34)23-36(46)16-11-12-19-48-49-30-53;2*1-2/h13-15,17-18,22,24-25,27,30-31,36-37,48H,4,8-12,16,19-21,23,26,28-29,46H2,1-3,5-7H3,(H,49,53);1-2H3;1-2H2. The Balaban J connectivity index is 0.00000233. The van der Waals surface area contributed by atoms with E-state index >= 15 is 0 Å². The Morgan fingerprint density at radius 1 is 1.03 bits per heavy atom. The Bertz CT molecular complexity index is 1960. The summed E-state index contributed by atoms with van der Waals surface area (Å²) in [6, 6.07) is 18.3. The second kappa shape index (κ2) is 25.0. The monoisotopic (exact) mass is 824 g/mol. The number of nitrogens with one attached hydrogen (secondary N) is 2. The minimum atomic E-state index is -0.357. The fourth-order valence-electron chi connectivity index (χ4n) is 8.28. The van der Waals surface area contributed by atoms with Gasteiger partial charge in [0.05, 0.1) is 31.3 Å². The van der Waals surface area contributed by atoms with Crippen molar-refractivity contribution in [3.05, 3.63) is 91.3 Å². The fraction of sp³-hybridized carbons (Fsp3) is 0.490. The van der Waals surface area contributed by atoms with Gasteiger partial charge in [0.1, 0.15) is 11.5 Å². The molecule has 5 rings (SSSR count). The van der Waals surface area contributed by atoms with Crippen molar-refractivity contribution in [2.75, 3.05) is 51.3 Å². The van der Waals surface area contributed by atoms with E-state index in [0.717, 1.165) is 104 Å². The van der Waals surface area contributed by atoms with Gasteiger partial charge in [-0.15, -0.1) is 13.2 Å². The third-order valence-corrected chi connectivity index (χ3v) is 11.2. The van der Waals surface area contributed by atoms with Crippen molar-refractivity contribution in [3.63, 3.8) is 0 Å². The van der Waals surface area contributed by atoms with Gasteiger partial charge >= 0.3 is 0 Å². The lowest BCUT2D eigenvalue weighted by Gasteiger charge is -2.41. The highest BCUT2D eigenvalue weighted by atomic mass is 16.5. The van der Waals surface area contributed by atoms with Gasteiger partial charge in [0.15, 0.2) is 0 Å². The number of anilines is 1. The highest BCUT2D eigenvalue weighted by molar-refractivity contribution is 5.96. The topological polar surface area (TPSA) is 127 Å². The van der Waals surface area contributed by atoms with Gasteiger partial charge < -0.3 is 24.7 Å². The molecule has 0 aliphatic carbocycles. The molecule has 0 saturated carbocycles. The second-order valence-electron chi connectivity index (χ2n) is 15.8. The number of rotatable bonds is 22. The van der Waals surface area contributed by atoms with E-state index in [-0.39, 0.29) is 11.5 Å². The van der Waals surface area contributed by atoms with Crippen LogP contribution in [-0.4, -0.2) is 85.9 Å². The molecule has 1 aliphatic heterocycles. The van der Waals surface area contributed by atoms with Crippen LogP contribution in [0.2, 0.25) is 0 Å². The summed E-state index contributed by atoms with van der Waals surface area (Å²) in [5.41, 5.74) is 21.2. The summed E-state index contributed by atoms with van der Waals surface area (Å²) in [6.45, 7) is 31.5. The number of aromatic nitrogens is 2. The molecule has 2 aromatic carbocycles. The molecule has 11 heteroatoms. The first-order valence-corrected chi connectivity index (χ1v) is 21.8. The number of hydrogen-bond acceptors (Lipinski definition) is 9. The van der Waals surface area contributed by atoms with Crippen LogP contribution in [0.5, 0.6) is 0 Å². The number of methoxy groups -OCH3 is 1. The zero-order valence-corrected chi connectivity index (χ0v) is 37.8. The van der Waals surface area contributed by atoms with Gasteiger partial charge in [0.2, 0.25) is 6.41 Å². The van der Waals surface area contributed by atoms with Crippen LogP contribution in [0.15, 0.2) is 74.5 Å². The maximum Gasteiger partial charge on any atom is 0.293 e. The number of piperazine rings is 1. The predicted octanol–water partition coefficient (Wildman–Crippen LogP) is 8.79. The molecule has 4 N–H and O–H groups in total. The van der Waals surface area contributed by atoms with E-state index in [1.54, 1.807) is 7.11 Å². The number of nitrogens with zero attached hydrogens (tertiary/aromatic N) is 4. The number of hydrazine groups is 1. The SMILES string of the molecule is C=C.C=C(OC)c1ncc(N2CCN(CC)C(CC)C2)cc1-c1c(CC(C)(C)COC=O)c2cc(-c3cccc(CC(N)CCCCNNC=O)c3)ccc2n1CC.CC. The number of carbonyl (C=O) groups is 2. The van der Waals surface area contributed by atoms with Crippen LogP contribution in [0, 0.1) is 5.41 Å². The number of benzene rings is 2. The molecule has 60 heavy (non-hydrogen) atoms. The van der Waals surface area contributed by atoms with Crippen LogP contribution >= 0.6 is 0 Å². The molecular formula is C49H73N7O4. The number of pyridine rings is 1. The Morgan fingerprint density at radius 2 is 1.78 bits per heavy atom. The van der Waals surface area contributed by atoms with Crippen LogP contribution in [0.25, 0.3) is 39.0 Å². The van der Waals surface area contributed by atoms with Crippen molar-refractivity contribution in [3.8, 4) is 22.4 Å². The molecule has 2 unspecified atom stereocenters. The van der Waals surface area contributed by atoms with Crippen LogP contribution in [-0.2, 0) is 38.4 Å². The molecule has 0 radical (unpaired) electrons. The highest BCUT2D eigenvalue weighted by Crippen LogP contribution is 2.43. The molecule has 2 atom stereocenters. The Morgan fingerprint density at radius 3 is 2.45 bits per heavy atom. The predicted molar refractivity (Wildman–Crippen MR) is 251 cm³/mol. The van der Waals surface area contributed by atoms with Crippen molar-refractivity contribution >= 4 is 35.2 Å². The quantitative estimate of drug-likeness (QED) is 0.0235. The first kappa shape index (κ1) is 49.4. The number of ether oxygens (including phenoxy) is 2. The van der Waals surface area contributed by atoms with Crippen molar-refractivity contribution in [2.45, 2.75) is 106 Å². The summed E-state index contributed by atoms with van der Waals surface area (Å²) in [4.78, 5) is 31.9. The number of hydrogen-bond donors (Lipinski definition) is 3. The van der Waals surface area contributed by atoms with Gasteiger partial charge in [-0.1, -0.05) is 84.9 Å². The molecule has 4 aromatic rings. The maximum atomic E-state index is 11.4. The van der Waals surface area contributed by atoms with Crippen molar-refractivity contribution in [1.82, 2.24) is 25.3 Å². The molecule has 1 amide bonds. The van der Waals surface area contributed by atoms with E-state index in [2.05, 4.69) is 128 Å². The Hall–Kier alpha value is -4.97. The molecule has 1 saturated heterocycles. The van der Waals surface area contributed by atoms with E-state index < -0.39 is 0 Å². The van der Waals surface area contributed by atoms with E-state index in [1.165, 1.54) is 11.1 Å². The third-order valence-electron chi connectivity index (χ3n) is 11.2. The van der Waals surface area contributed by atoms with E-state index in [4.69, 9.17) is 20.2 Å². The van der Waals surface area contributed by atoms with Gasteiger partial charge in [-0.2, -0.15) is 0 Å². The molecule has 1 aliphatic rings. The normalized spacial score (nSPS) is 14.6. The average Bonchev–Trinajstić information content (AvgIpc) is 3.58. The van der Waals surface area contributed by atoms with Crippen LogP contribution in [0.1, 0.15) is 91.0 Å². The Labute approximate surface area is 360 Å². The van der Waals surface area contributed by atoms with Crippen molar-refractivity contribution in [1.29, 1.82) is 0 Å². The summed E-state index contributed by atoms with van der Waals surface area (Å²) >= 11 is 0. The first-order valence-electron chi connectivity index (χ1n) is 21.8. The number of carbonyl (C=O) groups excluding carboxylic acids is 2. The lowest BCUT2D eigenvalue weighted by atomic mass is 9.84. The third kappa shape index (κ3) is 12.8. The molecule has 0 spiro atoms. The molecule has 328 valence electrons. The van der Waals surface area contributed by atoms with Crippen LogP contribution in [0.3, 0.4) is 0 Å². The van der Waals surface area contributed by atoms with Crippen molar-refractivity contribution in [2.24, 2.45) is 11.1 Å². The number of aryl methyl sites for hydroxylation is 1. The first-order chi connectivity index (χ1) is 29.1. The molecular weight excluding hydrogens is 751 g/mol. The van der Waals surface area contributed by atoms with Crippen LogP contribution < -0.4 is 21.5 Å². The lowest BCUT2D eigenvalue weighted by Crippen LogP contribution is -2.52. The smallest absolute Gasteiger partial charge is 0.293 e.